The summed E-state index contributed by atoms with van der Waals surface area (Å²) >= 11 is 0. The Morgan fingerprint density at radius 3 is 2.64 bits per heavy atom. The fraction of sp³-hybridized carbons (Fsp3) is 0.400. The Kier molecular flexibility index (Phi) is 6.11. The van der Waals surface area contributed by atoms with Gasteiger partial charge in [-0.25, -0.2) is 0 Å². The van der Waals surface area contributed by atoms with Gasteiger partial charge in [-0.3, -0.25) is 9.59 Å². The van der Waals surface area contributed by atoms with Crippen molar-refractivity contribution in [3.05, 3.63) is 34.2 Å². The minimum atomic E-state index is -0.161. The summed E-state index contributed by atoms with van der Waals surface area (Å²) in [6.07, 6.45) is 1.56. The number of hydrogen-bond donors (Lipinski definition) is 2. The van der Waals surface area contributed by atoms with E-state index in [-0.39, 0.29) is 18.0 Å². The van der Waals surface area contributed by atoms with E-state index < -0.39 is 0 Å². The summed E-state index contributed by atoms with van der Waals surface area (Å²) in [6, 6.07) is 3.40. The van der Waals surface area contributed by atoms with Crippen LogP contribution in [-0.4, -0.2) is 10.9 Å². The van der Waals surface area contributed by atoms with Crippen LogP contribution in [0.15, 0.2) is 23.1 Å². The zero-order chi connectivity index (χ0) is 11.0. The fourth-order valence-electron chi connectivity index (χ4n) is 0.815. The highest BCUT2D eigenvalue weighted by atomic mass is 16.1. The van der Waals surface area contributed by atoms with E-state index in [0.29, 0.717) is 5.56 Å². The zero-order valence-corrected chi connectivity index (χ0v) is 8.76. The van der Waals surface area contributed by atoms with Gasteiger partial charge in [0.25, 0.3) is 5.56 Å². The second-order valence-corrected chi connectivity index (χ2v) is 2.43. The maximum atomic E-state index is 11.0. The molecule has 0 aromatic carbocycles. The van der Waals surface area contributed by atoms with Crippen LogP contribution in [0, 0.1) is 0 Å². The van der Waals surface area contributed by atoms with Crippen LogP contribution in [0.5, 0.6) is 0 Å². The van der Waals surface area contributed by atoms with E-state index in [0.717, 1.165) is 0 Å². The van der Waals surface area contributed by atoms with Gasteiger partial charge >= 0.3 is 0 Å². The first-order valence-corrected chi connectivity index (χ1v) is 4.61. The Morgan fingerprint density at radius 1 is 1.50 bits per heavy atom. The molecular formula is C10H16N2O2. The van der Waals surface area contributed by atoms with Crippen molar-refractivity contribution >= 4 is 5.91 Å². The van der Waals surface area contributed by atoms with Gasteiger partial charge < -0.3 is 10.3 Å². The van der Waals surface area contributed by atoms with Crippen LogP contribution >= 0.6 is 0 Å². The fourth-order valence-corrected chi connectivity index (χ4v) is 0.815. The van der Waals surface area contributed by atoms with Gasteiger partial charge in [-0.1, -0.05) is 19.9 Å². The Balaban J connectivity index is 0.000000791. The molecule has 14 heavy (non-hydrogen) atoms. The van der Waals surface area contributed by atoms with Crippen LogP contribution < -0.4 is 10.9 Å². The third kappa shape index (κ3) is 4.45. The molecule has 0 aliphatic carbocycles. The average molecular weight is 196 g/mol. The Labute approximate surface area is 83.4 Å². The number of aromatic amines is 1. The Bertz CT molecular complexity index is 331. The number of rotatable bonds is 2. The van der Waals surface area contributed by atoms with Gasteiger partial charge in [-0.2, -0.15) is 0 Å². The Hall–Kier alpha value is -1.58. The number of amides is 1. The lowest BCUT2D eigenvalue weighted by atomic mass is 10.3. The summed E-state index contributed by atoms with van der Waals surface area (Å²) in [4.78, 5) is 24.0. The maximum absolute atomic E-state index is 11.0. The smallest absolute Gasteiger partial charge is 0.252 e. The van der Waals surface area contributed by atoms with Crippen molar-refractivity contribution in [2.24, 2.45) is 0 Å². The molecule has 1 aromatic rings. The van der Waals surface area contributed by atoms with E-state index in [2.05, 4.69) is 10.3 Å². The van der Waals surface area contributed by atoms with Crippen LogP contribution in [0.2, 0.25) is 0 Å². The molecule has 0 fully saturated rings. The summed E-state index contributed by atoms with van der Waals surface area (Å²) in [7, 11) is 0. The number of hydrogen-bond acceptors (Lipinski definition) is 2. The van der Waals surface area contributed by atoms with Gasteiger partial charge in [0.2, 0.25) is 5.91 Å². The maximum Gasteiger partial charge on any atom is 0.252 e. The summed E-state index contributed by atoms with van der Waals surface area (Å²) < 4.78 is 0. The van der Waals surface area contributed by atoms with E-state index in [1.807, 2.05) is 13.8 Å². The van der Waals surface area contributed by atoms with Gasteiger partial charge in [-0.05, 0) is 6.07 Å². The highest BCUT2D eigenvalue weighted by Gasteiger charge is 1.97. The van der Waals surface area contributed by atoms with Crippen LogP contribution in [0.1, 0.15) is 26.3 Å². The number of pyridine rings is 1. The van der Waals surface area contributed by atoms with Crippen molar-refractivity contribution in [2.75, 3.05) is 0 Å². The van der Waals surface area contributed by atoms with Gasteiger partial charge in [0.05, 0.1) is 0 Å². The first-order chi connectivity index (χ1) is 6.70. The lowest BCUT2D eigenvalue weighted by molar-refractivity contribution is -0.119. The molecule has 1 amide bonds. The van der Waals surface area contributed by atoms with Crippen molar-refractivity contribution in [1.29, 1.82) is 0 Å². The molecule has 0 saturated carbocycles. The third-order valence-electron chi connectivity index (χ3n) is 1.43. The molecule has 0 aliphatic rings. The molecule has 0 saturated heterocycles. The van der Waals surface area contributed by atoms with Gasteiger partial charge in [-0.15, -0.1) is 0 Å². The quantitative estimate of drug-likeness (QED) is 0.742. The molecule has 1 heterocycles. The molecule has 0 aliphatic heterocycles. The standard InChI is InChI=1S/C8H10N2O2.C2H6/c1-6(11)10-5-7-3-2-4-9-8(7)12;1-2/h2-4H,5H2,1H3,(H,9,12)(H,10,11);1-2H3. The number of nitrogens with one attached hydrogen (secondary N) is 2. The molecule has 0 radical (unpaired) electrons. The second kappa shape index (κ2) is 6.88. The summed E-state index contributed by atoms with van der Waals surface area (Å²) in [5.74, 6) is -0.141. The number of aromatic nitrogens is 1. The van der Waals surface area contributed by atoms with Crippen LogP contribution in [-0.2, 0) is 11.3 Å². The lowest BCUT2D eigenvalue weighted by Gasteiger charge is -1.99. The van der Waals surface area contributed by atoms with Crippen LogP contribution in [0.25, 0.3) is 0 Å². The molecule has 0 bridgehead atoms. The van der Waals surface area contributed by atoms with Crippen molar-refractivity contribution in [2.45, 2.75) is 27.3 Å². The normalized spacial score (nSPS) is 8.50. The highest BCUT2D eigenvalue weighted by molar-refractivity contribution is 5.72. The van der Waals surface area contributed by atoms with Crippen molar-refractivity contribution in [1.82, 2.24) is 10.3 Å². The SMILES string of the molecule is CC.CC(=O)NCc1ccc[nH]c1=O. The molecule has 0 spiro atoms. The van der Waals surface area contributed by atoms with Gasteiger partial charge in [0.15, 0.2) is 0 Å². The largest absolute Gasteiger partial charge is 0.352 e. The van der Waals surface area contributed by atoms with Gasteiger partial charge in [0, 0.05) is 25.2 Å². The van der Waals surface area contributed by atoms with E-state index in [9.17, 15) is 9.59 Å². The number of H-pyrrole nitrogens is 1. The Morgan fingerprint density at radius 2 is 2.14 bits per heavy atom. The minimum absolute atomic E-state index is 0.141. The summed E-state index contributed by atoms with van der Waals surface area (Å²) in [6.45, 7) is 5.70. The summed E-state index contributed by atoms with van der Waals surface area (Å²) in [5, 5.41) is 2.54. The predicted molar refractivity (Wildman–Crippen MR) is 55.9 cm³/mol. The first-order valence-electron chi connectivity index (χ1n) is 4.61. The molecule has 0 unspecified atom stereocenters. The molecule has 78 valence electrons. The molecule has 2 N–H and O–H groups in total. The predicted octanol–water partition coefficient (Wildman–Crippen LogP) is 1.04. The molecular weight excluding hydrogens is 180 g/mol. The van der Waals surface area contributed by atoms with Crippen LogP contribution in [0.3, 0.4) is 0 Å². The zero-order valence-electron chi connectivity index (χ0n) is 8.76. The first kappa shape index (κ1) is 12.4. The molecule has 4 nitrogen and oxygen atoms in total. The topological polar surface area (TPSA) is 62.0 Å². The monoisotopic (exact) mass is 196 g/mol. The van der Waals surface area contributed by atoms with Crippen molar-refractivity contribution < 1.29 is 4.79 Å². The molecule has 1 rings (SSSR count). The molecule has 1 aromatic heterocycles. The molecule has 0 atom stereocenters. The third-order valence-corrected chi connectivity index (χ3v) is 1.43. The van der Waals surface area contributed by atoms with E-state index in [1.165, 1.54) is 6.92 Å². The number of carbonyl (C=O) groups excluding carboxylic acids is 1. The van der Waals surface area contributed by atoms with E-state index in [1.54, 1.807) is 18.3 Å². The van der Waals surface area contributed by atoms with Crippen molar-refractivity contribution in [3.63, 3.8) is 0 Å². The minimum Gasteiger partial charge on any atom is -0.352 e. The molecule has 4 heteroatoms. The summed E-state index contributed by atoms with van der Waals surface area (Å²) in [5.41, 5.74) is 0.402. The van der Waals surface area contributed by atoms with Gasteiger partial charge in [0.1, 0.15) is 0 Å². The van der Waals surface area contributed by atoms with E-state index >= 15 is 0 Å². The van der Waals surface area contributed by atoms with Crippen molar-refractivity contribution in [3.8, 4) is 0 Å². The average Bonchev–Trinajstić information content (AvgIpc) is 2.19. The lowest BCUT2D eigenvalue weighted by Crippen LogP contribution is -2.23. The van der Waals surface area contributed by atoms with Crippen LogP contribution in [0.4, 0.5) is 0 Å². The van der Waals surface area contributed by atoms with E-state index in [4.69, 9.17) is 0 Å². The number of carbonyl (C=O) groups is 1. The second-order valence-electron chi connectivity index (χ2n) is 2.43. The highest BCUT2D eigenvalue weighted by Crippen LogP contribution is 1.87.